The second-order valence-electron chi connectivity index (χ2n) is 40.4. The molecule has 1 aliphatic heterocycles. The normalized spacial score (nSPS) is 33.8. The number of methoxy groups -OCH3 is 2. The van der Waals surface area contributed by atoms with Crippen molar-refractivity contribution in [3.05, 3.63) is 153 Å². The van der Waals surface area contributed by atoms with Crippen molar-refractivity contribution in [1.82, 2.24) is 5.06 Å². The summed E-state index contributed by atoms with van der Waals surface area (Å²) in [5, 5.41) is 31.4. The molecule has 3 N–H and O–H groups in total. The Morgan fingerprint density at radius 2 is 0.714 bits per heavy atom. The molecule has 126 heavy (non-hydrogen) atoms. The minimum atomic E-state index is -0.641. The van der Waals surface area contributed by atoms with Crippen molar-refractivity contribution in [1.29, 1.82) is 0 Å². The average Bonchev–Trinajstić information content (AvgIpc) is 1.40. The predicted octanol–water partition coefficient (Wildman–Crippen LogP) is 21.0. The van der Waals surface area contributed by atoms with E-state index in [2.05, 4.69) is 93.4 Å². The highest BCUT2D eigenvalue weighted by molar-refractivity contribution is 14.1. The third-order valence-corrected chi connectivity index (χ3v) is 32.1. The number of carbonyl (C=O) groups is 8. The molecule has 21 nitrogen and oxygen atoms in total. The number of phenols is 1. The fourth-order valence-electron chi connectivity index (χ4n) is 27.0. The zero-order valence-corrected chi connectivity index (χ0v) is 78.5. The molecule has 0 saturated heterocycles. The van der Waals surface area contributed by atoms with Crippen LogP contribution in [0.2, 0.25) is 19.6 Å². The van der Waals surface area contributed by atoms with Crippen molar-refractivity contribution in [3.63, 3.8) is 0 Å². The Hall–Kier alpha value is -7.39. The van der Waals surface area contributed by atoms with Gasteiger partial charge in [0.25, 0.3) is 11.8 Å². The molecule has 8 saturated carbocycles. The summed E-state index contributed by atoms with van der Waals surface area (Å²) in [5.41, 5.74) is 10.2. The molecular formula is C103H140INO20Si. The number of nitrogens with zero attached hydrogens (tertiary/aromatic N) is 1. The van der Waals surface area contributed by atoms with E-state index in [0.717, 1.165) is 145 Å². The number of hydrogen-bond donors (Lipinski definition) is 3. The van der Waals surface area contributed by atoms with Gasteiger partial charge in [-0.2, -0.15) is 0 Å². The Bertz CT molecular complexity index is 4770. The maximum atomic E-state index is 12.9. The number of phenolic OH excluding ortho intramolecular Hbond substituents is 1. The lowest BCUT2D eigenvalue weighted by atomic mass is 9.54. The number of hydroxylamine groups is 2. The lowest BCUT2D eigenvalue weighted by Crippen LogP contribution is -2.46. The number of carbonyl (C=O) groups excluding carboxylic acids is 8. The van der Waals surface area contributed by atoms with E-state index in [1.54, 1.807) is 38.5 Å². The standard InChI is InChI=1S/C31H33NO7.C24H32O5.C23H30O5.C20H28O3.C3H9ISi.2CH4/c1-17(33)38-20-8-9-21-22-12-13-31(3)27(10-11-28(31)39-18(2)34)26(22)14-19(25(21)15-20)16-37-32-29(35)23-6-4-5-7-24(23)30(32)36;1-14(25)28-17-5-6-18-19-9-10-24(3)22(7-8-23(24)29-15(2)26)21(19)11-16(13-27-4)20(18)12-17;1-13(25)27-16-4-5-17-18-8-9-23(3)21(6-7-22(23)28-14(2)26)20(18)10-15(12-24)19(17)11-16;1-20-8-7-15-14-4-3-13(21)10-16(14)12(11-23-2)9-17(15)18(20)5-6-19(20)22;1-5(2,3)4;;/h4-9,15,19,22,26-28H,10-14,16H2,1-3H3;5-6,12,16,19,21-23H,7-11,13H2,1-4H3;4-5,11,15,18,20-22,24H,6-10,12H2,1-3H3;3-4,10,12,15,17-19,21-22H,5-9,11H2,1-2H3;1-3H3;2*1H4/t19-,22+,26+,27-,28?,31-;16-,19+,21+,22-,23?,24-;15-,18+,20+,21-,22?,23-;12-,15+,17+,18-,19?,20-;;;/m0000.../s1. The zero-order chi connectivity index (χ0) is 89.0. The topological polar surface area (TPSA) is 284 Å². The Kier molecular flexibility index (Phi) is 30.8. The predicted molar refractivity (Wildman–Crippen MR) is 493 cm³/mol. The van der Waals surface area contributed by atoms with Gasteiger partial charge >= 0.3 is 35.8 Å². The van der Waals surface area contributed by atoms with Crippen LogP contribution in [0.4, 0.5) is 0 Å². The van der Waals surface area contributed by atoms with Crippen molar-refractivity contribution in [2.75, 3.05) is 40.6 Å². The molecule has 12 aliphatic carbocycles. The minimum Gasteiger partial charge on any atom is -0.508 e. The highest BCUT2D eigenvalue weighted by atomic mass is 127. The smallest absolute Gasteiger partial charge is 0.308 e. The molecule has 0 aromatic heterocycles. The lowest BCUT2D eigenvalue weighted by Gasteiger charge is -2.51. The van der Waals surface area contributed by atoms with Crippen LogP contribution in [0.1, 0.15) is 325 Å². The molecule has 0 radical (unpaired) electrons. The number of ether oxygens (including phenoxy) is 8. The summed E-state index contributed by atoms with van der Waals surface area (Å²) in [6.45, 7) is 26.5. The molecular weight excluding hydrogens is 1730 g/mol. The van der Waals surface area contributed by atoms with Crippen molar-refractivity contribution in [3.8, 4) is 23.0 Å². The van der Waals surface area contributed by atoms with E-state index >= 15 is 0 Å². The van der Waals surface area contributed by atoms with E-state index in [9.17, 15) is 53.7 Å². The second-order valence-corrected chi connectivity index (χ2v) is 54.3. The van der Waals surface area contributed by atoms with Gasteiger partial charge in [0.1, 0.15) is 46.9 Å². The first-order chi connectivity index (χ1) is 58.9. The number of amides is 2. The number of benzene rings is 5. The number of halogens is 1. The summed E-state index contributed by atoms with van der Waals surface area (Å²) in [4.78, 5) is 101. The fourth-order valence-corrected chi connectivity index (χ4v) is 27.0. The number of aromatic hydroxyl groups is 1. The van der Waals surface area contributed by atoms with Crippen LogP contribution in [0.5, 0.6) is 23.0 Å². The fraction of sp³-hybridized carbons (Fsp3) is 0.631. The van der Waals surface area contributed by atoms with Gasteiger partial charge in [0, 0.05) is 102 Å². The maximum Gasteiger partial charge on any atom is 0.308 e. The maximum absolute atomic E-state index is 12.9. The summed E-state index contributed by atoms with van der Waals surface area (Å²) in [5.74, 6) is 6.10. The number of aliphatic hydroxyl groups excluding tert-OH is 2. The molecule has 688 valence electrons. The van der Waals surface area contributed by atoms with Crippen LogP contribution in [-0.4, -0.2) is 139 Å². The Morgan fingerprint density at radius 1 is 0.413 bits per heavy atom. The first-order valence-electron chi connectivity index (χ1n) is 45.8. The monoisotopic (exact) mass is 1870 g/mol. The summed E-state index contributed by atoms with van der Waals surface area (Å²) < 4.78 is 44.3. The van der Waals surface area contributed by atoms with E-state index in [0.29, 0.717) is 130 Å². The van der Waals surface area contributed by atoms with Gasteiger partial charge in [-0.3, -0.25) is 43.2 Å². The van der Waals surface area contributed by atoms with Gasteiger partial charge in [-0.05, 0) is 310 Å². The molecule has 18 rings (SSSR count). The Balaban J connectivity index is 0.000000151. The highest BCUT2D eigenvalue weighted by Gasteiger charge is 2.62. The molecule has 13 aliphatic rings. The molecule has 2 amide bonds. The second kappa shape index (κ2) is 39.7. The van der Waals surface area contributed by atoms with E-state index in [1.165, 1.54) is 74.9 Å². The van der Waals surface area contributed by atoms with E-state index in [4.69, 9.17) is 42.7 Å². The van der Waals surface area contributed by atoms with Crippen molar-refractivity contribution < 1.29 is 96.4 Å². The van der Waals surface area contributed by atoms with E-state index in [-0.39, 0.29) is 116 Å². The van der Waals surface area contributed by atoms with Gasteiger partial charge in [-0.25, -0.2) is 0 Å². The van der Waals surface area contributed by atoms with E-state index in [1.807, 2.05) is 48.5 Å². The summed E-state index contributed by atoms with van der Waals surface area (Å²) in [7, 11) is 3.51. The number of aliphatic hydroxyl groups is 2. The molecule has 23 heteroatoms. The quantitative estimate of drug-likeness (QED) is 0.0177. The molecule has 8 fully saturated rings. The third kappa shape index (κ3) is 19.8. The molecule has 5 aromatic rings. The van der Waals surface area contributed by atoms with Crippen LogP contribution in [0, 0.1) is 69.0 Å². The largest absolute Gasteiger partial charge is 0.508 e. The molecule has 24 atom stereocenters. The lowest BCUT2D eigenvalue weighted by molar-refractivity contribution is -0.155. The van der Waals surface area contributed by atoms with Gasteiger partial charge < -0.3 is 53.2 Å². The molecule has 5 aromatic carbocycles. The Labute approximate surface area is 760 Å². The van der Waals surface area contributed by atoms with Gasteiger partial charge in [0.15, 0.2) is 0 Å². The van der Waals surface area contributed by atoms with Crippen LogP contribution in [0.15, 0.2) is 97.1 Å². The third-order valence-electron chi connectivity index (χ3n) is 32.1. The molecule has 0 bridgehead atoms. The number of hydrogen-bond acceptors (Lipinski definition) is 20. The van der Waals surface area contributed by atoms with Crippen molar-refractivity contribution in [2.45, 2.75) is 304 Å². The SMILES string of the molecule is C.C.CC(=O)Oc1ccc2c(c1)[C@H](CO)C[C@@H]1[C@@H]2CC[C@]2(C)C(OC(C)=O)CC[C@@H]12.CC(=O)Oc1ccc2c(c1)[C@H](CON1C(=O)c3ccccc3C1=O)C[C@@H]1[C@@H]2CC[C@]2(C)C(OC(C)=O)CC[C@@H]12.COC[C@@H]1C[C@@H]2[C@H](CC[C@]3(C)C(O)CC[C@@H]23)c2ccc(O)cc21.COC[C@@H]1C[C@@H]2[C@H](CC[C@]3(C)C(OC(C)=O)CC[C@@H]23)c2ccc(OC(C)=O)cc21.C[Si](C)(C)I. The first-order valence-corrected chi connectivity index (χ1v) is 52.4. The molecule has 0 spiro atoms. The summed E-state index contributed by atoms with van der Waals surface area (Å²) in [6.07, 6.45) is 20.4. The van der Waals surface area contributed by atoms with Gasteiger partial charge in [-0.1, -0.05) is 98.6 Å². The van der Waals surface area contributed by atoms with Crippen LogP contribution in [0.25, 0.3) is 0 Å². The number of imide groups is 1. The van der Waals surface area contributed by atoms with Crippen LogP contribution < -0.4 is 14.2 Å². The van der Waals surface area contributed by atoms with E-state index < -0.39 is 23.4 Å². The van der Waals surface area contributed by atoms with Gasteiger partial charge in [0.05, 0.1) is 37.1 Å². The average molecular weight is 1870 g/mol. The Morgan fingerprint density at radius 3 is 1.05 bits per heavy atom. The zero-order valence-electron chi connectivity index (χ0n) is 75.4. The van der Waals surface area contributed by atoms with Crippen molar-refractivity contribution in [2.24, 2.45) is 69.0 Å². The van der Waals surface area contributed by atoms with Crippen molar-refractivity contribution >= 4 is 75.0 Å². The van der Waals surface area contributed by atoms with Crippen LogP contribution in [-0.2, 0) is 57.3 Å². The minimum absolute atomic E-state index is 0. The number of esters is 6. The van der Waals surface area contributed by atoms with Crippen LogP contribution in [0.3, 0.4) is 0 Å². The molecule has 1 heterocycles. The van der Waals surface area contributed by atoms with Gasteiger partial charge in [0.2, 0.25) is 0 Å². The summed E-state index contributed by atoms with van der Waals surface area (Å²) in [6, 6.07) is 30.5. The van der Waals surface area contributed by atoms with Crippen LogP contribution >= 0.6 is 21.8 Å². The summed E-state index contributed by atoms with van der Waals surface area (Å²) >= 11 is 2.52. The highest BCUT2D eigenvalue weighted by Crippen LogP contribution is 2.68. The van der Waals surface area contributed by atoms with Gasteiger partial charge in [-0.15, -0.1) is 26.9 Å². The number of fused-ring (bicyclic) bond motifs is 21. The number of rotatable bonds is 14. The first kappa shape index (κ1) is 97.7. The molecule has 4 unspecified atom stereocenters.